The van der Waals surface area contributed by atoms with E-state index in [4.69, 9.17) is 4.42 Å². The number of hydrogen-bond donors (Lipinski definition) is 0. The van der Waals surface area contributed by atoms with Gasteiger partial charge >= 0.3 is 0 Å². The lowest BCUT2D eigenvalue weighted by Gasteiger charge is -2.26. The predicted octanol–water partition coefficient (Wildman–Crippen LogP) is 16.8. The fourth-order valence-electron chi connectivity index (χ4n) is 9.29. The molecule has 10 aromatic carbocycles. The molecule has 63 heavy (non-hydrogen) atoms. The number of nitrogens with zero attached hydrogens (tertiary/aromatic N) is 2. The maximum atomic E-state index is 6.24. The first-order valence-corrected chi connectivity index (χ1v) is 21.5. The van der Waals surface area contributed by atoms with Gasteiger partial charge in [0.15, 0.2) is 0 Å². The molecule has 0 atom stereocenters. The summed E-state index contributed by atoms with van der Waals surface area (Å²) >= 11 is 0. The molecule has 2 heterocycles. The van der Waals surface area contributed by atoms with Crippen molar-refractivity contribution in [3.63, 3.8) is 0 Å². The Kier molecular flexibility index (Phi) is 8.83. The van der Waals surface area contributed by atoms with Gasteiger partial charge in [-0.25, -0.2) is 0 Å². The van der Waals surface area contributed by atoms with Crippen molar-refractivity contribution in [2.75, 3.05) is 4.90 Å². The quantitative estimate of drug-likeness (QED) is 0.153. The van der Waals surface area contributed by atoms with E-state index in [9.17, 15) is 0 Å². The highest BCUT2D eigenvalue weighted by Crippen LogP contribution is 2.40. The number of fused-ring (bicyclic) bond motifs is 6. The van der Waals surface area contributed by atoms with Gasteiger partial charge in [-0.1, -0.05) is 164 Å². The van der Waals surface area contributed by atoms with Crippen molar-refractivity contribution >= 4 is 60.8 Å². The minimum atomic E-state index is 0.900. The lowest BCUT2D eigenvalue weighted by atomic mass is 9.99. The summed E-state index contributed by atoms with van der Waals surface area (Å²) in [6, 6.07) is 87.1. The Balaban J connectivity index is 0.862. The van der Waals surface area contributed by atoms with Crippen molar-refractivity contribution in [3.8, 4) is 50.2 Å². The van der Waals surface area contributed by atoms with E-state index < -0.39 is 0 Å². The Labute approximate surface area is 366 Å². The van der Waals surface area contributed by atoms with E-state index in [1.54, 1.807) is 0 Å². The third kappa shape index (κ3) is 6.55. The van der Waals surface area contributed by atoms with Gasteiger partial charge in [0, 0.05) is 44.3 Å². The summed E-state index contributed by atoms with van der Waals surface area (Å²) in [6.45, 7) is 0. The van der Waals surface area contributed by atoms with Crippen LogP contribution in [-0.4, -0.2) is 4.57 Å². The van der Waals surface area contributed by atoms with E-state index in [-0.39, 0.29) is 0 Å². The SMILES string of the molecule is c1ccc(-c2cccc(N(c3ccc(-c4ccc(-c5cccc(-n6c7ccccc7c7ccccc76)c5)cc4)cc3)c3ccc(-c4ccc5c(c4)oc4ccccc45)cc3)c2)cc1. The van der Waals surface area contributed by atoms with Crippen LogP contribution in [0.3, 0.4) is 0 Å². The van der Waals surface area contributed by atoms with E-state index in [1.807, 2.05) is 12.1 Å². The van der Waals surface area contributed by atoms with Crippen LogP contribution in [-0.2, 0) is 0 Å². The molecule has 3 nitrogen and oxygen atoms in total. The van der Waals surface area contributed by atoms with Crippen LogP contribution in [0.5, 0.6) is 0 Å². The molecule has 296 valence electrons. The monoisotopic (exact) mass is 804 g/mol. The third-order valence-electron chi connectivity index (χ3n) is 12.4. The molecule has 12 rings (SSSR count). The van der Waals surface area contributed by atoms with Crippen LogP contribution >= 0.6 is 0 Å². The summed E-state index contributed by atoms with van der Waals surface area (Å²) in [5, 5.41) is 4.81. The van der Waals surface area contributed by atoms with Crippen molar-refractivity contribution in [1.82, 2.24) is 4.57 Å². The third-order valence-corrected chi connectivity index (χ3v) is 12.4. The topological polar surface area (TPSA) is 21.3 Å². The number of para-hydroxylation sites is 3. The van der Waals surface area contributed by atoms with Gasteiger partial charge in [0.25, 0.3) is 0 Å². The van der Waals surface area contributed by atoms with E-state index in [0.717, 1.165) is 55.8 Å². The standard InChI is InChI=1S/C60H40N2O/c1-2-12-41(13-3-1)46-14-10-16-51(38-46)61(50-35-30-45(31-36-50)48-32-37-56-55-20-6-9-23-59(55)63-60(56)40-48)49-33-28-43(29-34-49)42-24-26-44(27-25-42)47-15-11-17-52(39-47)62-57-21-7-4-18-53(57)54-19-5-8-22-58(54)62/h1-40H. The first kappa shape index (κ1) is 36.5. The van der Waals surface area contributed by atoms with Crippen LogP contribution in [0.25, 0.3) is 93.9 Å². The molecule has 0 bridgehead atoms. The second-order valence-corrected chi connectivity index (χ2v) is 16.2. The molecular formula is C60H40N2O. The molecule has 3 heteroatoms. The molecule has 0 amide bonds. The molecule has 0 aliphatic rings. The zero-order chi connectivity index (χ0) is 41.7. The van der Waals surface area contributed by atoms with E-state index in [1.165, 1.54) is 55.2 Å². The average Bonchev–Trinajstić information content (AvgIpc) is 3.91. The van der Waals surface area contributed by atoms with Crippen molar-refractivity contribution in [2.24, 2.45) is 0 Å². The molecule has 0 unspecified atom stereocenters. The van der Waals surface area contributed by atoms with Crippen LogP contribution in [0, 0.1) is 0 Å². The Bertz CT molecular complexity index is 3550. The molecule has 0 fully saturated rings. The van der Waals surface area contributed by atoms with Gasteiger partial charge in [0.1, 0.15) is 11.2 Å². The summed E-state index contributed by atoms with van der Waals surface area (Å²) in [7, 11) is 0. The minimum absolute atomic E-state index is 0.900. The van der Waals surface area contributed by atoms with Crippen LogP contribution < -0.4 is 4.90 Å². The number of hydrogen-bond acceptors (Lipinski definition) is 2. The Morgan fingerprint density at radius 3 is 1.37 bits per heavy atom. The Hall–Kier alpha value is -8.40. The summed E-state index contributed by atoms with van der Waals surface area (Å²) in [5.74, 6) is 0. The fourth-order valence-corrected chi connectivity index (χ4v) is 9.29. The van der Waals surface area contributed by atoms with Crippen LogP contribution in [0.15, 0.2) is 247 Å². The molecule has 0 spiro atoms. The lowest BCUT2D eigenvalue weighted by Crippen LogP contribution is -2.10. The largest absolute Gasteiger partial charge is 0.456 e. The van der Waals surface area contributed by atoms with Crippen molar-refractivity contribution in [3.05, 3.63) is 243 Å². The molecule has 0 aliphatic heterocycles. The van der Waals surface area contributed by atoms with E-state index in [0.29, 0.717) is 0 Å². The second-order valence-electron chi connectivity index (χ2n) is 16.2. The van der Waals surface area contributed by atoms with Gasteiger partial charge in [-0.05, 0) is 123 Å². The fraction of sp³-hybridized carbons (Fsp3) is 0. The van der Waals surface area contributed by atoms with Gasteiger partial charge in [0.2, 0.25) is 0 Å². The van der Waals surface area contributed by atoms with E-state index >= 15 is 0 Å². The van der Waals surface area contributed by atoms with Gasteiger partial charge in [-0.15, -0.1) is 0 Å². The normalized spacial score (nSPS) is 11.5. The summed E-state index contributed by atoms with van der Waals surface area (Å²) < 4.78 is 8.62. The number of furan rings is 1. The van der Waals surface area contributed by atoms with Crippen LogP contribution in [0.1, 0.15) is 0 Å². The first-order valence-electron chi connectivity index (χ1n) is 21.5. The van der Waals surface area contributed by atoms with Crippen LogP contribution in [0.2, 0.25) is 0 Å². The Morgan fingerprint density at radius 1 is 0.270 bits per heavy atom. The molecule has 0 aliphatic carbocycles. The average molecular weight is 805 g/mol. The highest BCUT2D eigenvalue weighted by Gasteiger charge is 2.16. The molecule has 2 aromatic heterocycles. The summed E-state index contributed by atoms with van der Waals surface area (Å²) in [4.78, 5) is 2.34. The zero-order valence-electron chi connectivity index (χ0n) is 34.4. The highest BCUT2D eigenvalue weighted by molar-refractivity contribution is 6.09. The second kappa shape index (κ2) is 15.3. The molecular weight excluding hydrogens is 765 g/mol. The highest BCUT2D eigenvalue weighted by atomic mass is 16.3. The zero-order valence-corrected chi connectivity index (χ0v) is 34.4. The molecule has 0 N–H and O–H groups in total. The maximum Gasteiger partial charge on any atom is 0.136 e. The summed E-state index contributed by atoms with van der Waals surface area (Å²) in [6.07, 6.45) is 0. The van der Waals surface area contributed by atoms with Gasteiger partial charge < -0.3 is 13.9 Å². The van der Waals surface area contributed by atoms with Gasteiger partial charge in [0.05, 0.1) is 11.0 Å². The van der Waals surface area contributed by atoms with Gasteiger partial charge in [-0.2, -0.15) is 0 Å². The number of benzene rings is 10. The maximum absolute atomic E-state index is 6.24. The molecule has 0 saturated heterocycles. The molecule has 0 saturated carbocycles. The lowest BCUT2D eigenvalue weighted by molar-refractivity contribution is 0.669. The minimum Gasteiger partial charge on any atom is -0.456 e. The predicted molar refractivity (Wildman–Crippen MR) is 264 cm³/mol. The van der Waals surface area contributed by atoms with Crippen molar-refractivity contribution in [2.45, 2.75) is 0 Å². The van der Waals surface area contributed by atoms with E-state index in [2.05, 4.69) is 240 Å². The van der Waals surface area contributed by atoms with Crippen molar-refractivity contribution < 1.29 is 4.42 Å². The molecule has 0 radical (unpaired) electrons. The smallest absolute Gasteiger partial charge is 0.136 e. The number of anilines is 3. The van der Waals surface area contributed by atoms with Gasteiger partial charge in [-0.3, -0.25) is 0 Å². The number of aromatic nitrogens is 1. The Morgan fingerprint density at radius 2 is 0.714 bits per heavy atom. The van der Waals surface area contributed by atoms with Crippen LogP contribution in [0.4, 0.5) is 17.1 Å². The number of rotatable bonds is 8. The molecule has 12 aromatic rings. The van der Waals surface area contributed by atoms with Crippen molar-refractivity contribution in [1.29, 1.82) is 0 Å². The summed E-state index contributed by atoms with van der Waals surface area (Å²) in [5.41, 5.74) is 18.0. The first-order chi connectivity index (χ1) is 31.2.